The summed E-state index contributed by atoms with van der Waals surface area (Å²) < 4.78 is 11.0. The van der Waals surface area contributed by atoms with Crippen molar-refractivity contribution < 1.29 is 13.9 Å². The van der Waals surface area contributed by atoms with Crippen LogP contribution in [0.3, 0.4) is 0 Å². The minimum Gasteiger partial charge on any atom is -0.496 e. The summed E-state index contributed by atoms with van der Waals surface area (Å²) in [4.78, 5) is 12.2. The van der Waals surface area contributed by atoms with Crippen molar-refractivity contribution in [2.45, 2.75) is 36.9 Å². The van der Waals surface area contributed by atoms with Crippen LogP contribution in [0.5, 0.6) is 5.75 Å². The van der Waals surface area contributed by atoms with E-state index in [1.807, 2.05) is 0 Å². The first kappa shape index (κ1) is 17.7. The molecule has 1 aromatic heterocycles. The monoisotopic (exact) mass is 393 g/mol. The molecule has 6 nitrogen and oxygen atoms in total. The lowest BCUT2D eigenvalue weighted by Gasteiger charge is -2.22. The van der Waals surface area contributed by atoms with Crippen LogP contribution in [0.4, 0.5) is 0 Å². The molecule has 2 fully saturated rings. The second kappa shape index (κ2) is 7.48. The number of hydrogen-bond donors (Lipinski definition) is 1. The molecule has 2 aromatic rings. The number of hydrogen-bond acceptors (Lipinski definition) is 6. The van der Waals surface area contributed by atoms with Gasteiger partial charge in [-0.1, -0.05) is 29.8 Å². The summed E-state index contributed by atoms with van der Waals surface area (Å²) in [5, 5.41) is 12.1. The minimum absolute atomic E-state index is 0.0210. The molecule has 0 unspecified atom stereocenters. The molecule has 1 aromatic carbocycles. The van der Waals surface area contributed by atoms with Crippen LogP contribution in [0.15, 0.2) is 27.8 Å². The van der Waals surface area contributed by atoms with E-state index in [-0.39, 0.29) is 11.7 Å². The molecule has 2 bridgehead atoms. The zero-order valence-electron chi connectivity index (χ0n) is 14.4. The Bertz CT molecular complexity index is 813. The van der Waals surface area contributed by atoms with Crippen LogP contribution >= 0.6 is 23.4 Å². The lowest BCUT2D eigenvalue weighted by Crippen LogP contribution is -2.39. The molecule has 8 heteroatoms. The van der Waals surface area contributed by atoms with Crippen molar-refractivity contribution in [3.8, 4) is 17.2 Å². The SMILES string of the molecule is COc1ccc(Cl)cc1-c1nnc(SCC(=O)N[C@@H]2C[C@H]3CC[C@H]2C3)o1. The summed E-state index contributed by atoms with van der Waals surface area (Å²) in [7, 11) is 1.57. The first-order valence-corrected chi connectivity index (χ1v) is 10.1. The van der Waals surface area contributed by atoms with Crippen molar-refractivity contribution in [1.82, 2.24) is 15.5 Å². The lowest BCUT2D eigenvalue weighted by molar-refractivity contribution is -0.119. The Morgan fingerprint density at radius 2 is 2.27 bits per heavy atom. The Morgan fingerprint density at radius 1 is 1.38 bits per heavy atom. The summed E-state index contributed by atoms with van der Waals surface area (Å²) in [6.07, 6.45) is 4.97. The van der Waals surface area contributed by atoms with Crippen LogP contribution in [0.25, 0.3) is 11.5 Å². The molecule has 3 atom stereocenters. The number of nitrogens with zero attached hydrogens (tertiary/aromatic N) is 2. The Hall–Kier alpha value is -1.73. The largest absolute Gasteiger partial charge is 0.496 e. The van der Waals surface area contributed by atoms with E-state index in [0.717, 1.165) is 12.3 Å². The Morgan fingerprint density at radius 3 is 3.00 bits per heavy atom. The van der Waals surface area contributed by atoms with Gasteiger partial charge in [0.1, 0.15) is 5.75 Å². The van der Waals surface area contributed by atoms with Gasteiger partial charge in [-0.2, -0.15) is 0 Å². The third kappa shape index (κ3) is 3.69. The van der Waals surface area contributed by atoms with Gasteiger partial charge in [-0.05, 0) is 49.3 Å². The van der Waals surface area contributed by atoms with E-state index >= 15 is 0 Å². The number of carbonyl (C=O) groups excluding carboxylic acids is 1. The first-order valence-electron chi connectivity index (χ1n) is 8.72. The highest BCUT2D eigenvalue weighted by Crippen LogP contribution is 2.44. The summed E-state index contributed by atoms with van der Waals surface area (Å²) >= 11 is 7.28. The van der Waals surface area contributed by atoms with Gasteiger partial charge < -0.3 is 14.5 Å². The number of thioether (sulfide) groups is 1. The predicted octanol–water partition coefficient (Wildman–Crippen LogP) is 3.80. The Labute approximate surface area is 161 Å². The number of aromatic nitrogens is 2. The standard InChI is InChI=1S/C18H20ClN3O3S/c1-24-15-5-4-12(19)8-13(15)17-21-22-18(25-17)26-9-16(23)20-14-7-10-2-3-11(14)6-10/h4-5,8,10-11,14H,2-3,6-7,9H2,1H3,(H,20,23)/t10-,11-,14+/m0/s1. The van der Waals surface area contributed by atoms with Crippen molar-refractivity contribution in [3.05, 3.63) is 23.2 Å². The van der Waals surface area contributed by atoms with Crippen molar-refractivity contribution in [1.29, 1.82) is 0 Å². The van der Waals surface area contributed by atoms with Gasteiger partial charge in [0, 0.05) is 11.1 Å². The second-order valence-corrected chi connectivity index (χ2v) is 8.22. The molecular weight excluding hydrogens is 374 g/mol. The van der Waals surface area contributed by atoms with Gasteiger partial charge in [0.15, 0.2) is 0 Å². The third-order valence-electron chi connectivity index (χ3n) is 5.21. The zero-order chi connectivity index (χ0) is 18.1. The fourth-order valence-electron chi connectivity index (χ4n) is 4.02. The quantitative estimate of drug-likeness (QED) is 0.752. The molecule has 26 heavy (non-hydrogen) atoms. The van der Waals surface area contributed by atoms with Crippen LogP contribution in [0.1, 0.15) is 25.7 Å². The maximum atomic E-state index is 12.2. The molecule has 1 N–H and O–H groups in total. The van der Waals surface area contributed by atoms with E-state index < -0.39 is 0 Å². The summed E-state index contributed by atoms with van der Waals surface area (Å²) in [6, 6.07) is 5.54. The third-order valence-corrected chi connectivity index (χ3v) is 6.26. The first-order chi connectivity index (χ1) is 12.6. The minimum atomic E-state index is 0.0210. The number of methoxy groups -OCH3 is 1. The molecule has 1 amide bonds. The highest BCUT2D eigenvalue weighted by molar-refractivity contribution is 7.99. The van der Waals surface area contributed by atoms with Gasteiger partial charge in [-0.15, -0.1) is 10.2 Å². The molecule has 0 spiro atoms. The number of nitrogens with one attached hydrogen (secondary N) is 1. The summed E-state index contributed by atoms with van der Waals surface area (Å²) in [5.74, 6) is 2.68. The molecule has 2 aliphatic rings. The maximum Gasteiger partial charge on any atom is 0.277 e. The molecule has 0 saturated heterocycles. The van der Waals surface area contributed by atoms with E-state index in [0.29, 0.717) is 39.4 Å². The molecule has 0 radical (unpaired) electrons. The van der Waals surface area contributed by atoms with E-state index in [1.165, 1.54) is 31.0 Å². The van der Waals surface area contributed by atoms with Gasteiger partial charge in [-0.3, -0.25) is 4.79 Å². The molecule has 4 rings (SSSR count). The predicted molar refractivity (Wildman–Crippen MR) is 99.4 cm³/mol. The fraction of sp³-hybridized carbons (Fsp3) is 0.500. The average Bonchev–Trinajstić information content (AvgIpc) is 3.37. The van der Waals surface area contributed by atoms with Crippen LogP contribution < -0.4 is 10.1 Å². The number of carbonyl (C=O) groups is 1. The fourth-order valence-corrected chi connectivity index (χ4v) is 4.77. The number of halogens is 1. The van der Waals surface area contributed by atoms with Gasteiger partial charge in [0.2, 0.25) is 5.91 Å². The molecule has 138 valence electrons. The van der Waals surface area contributed by atoms with Gasteiger partial charge in [-0.25, -0.2) is 0 Å². The Kier molecular flexibility index (Phi) is 5.09. The average molecular weight is 394 g/mol. The van der Waals surface area contributed by atoms with E-state index in [4.69, 9.17) is 20.8 Å². The smallest absolute Gasteiger partial charge is 0.277 e. The van der Waals surface area contributed by atoms with E-state index in [1.54, 1.807) is 25.3 Å². The van der Waals surface area contributed by atoms with Crippen molar-refractivity contribution >= 4 is 29.3 Å². The van der Waals surface area contributed by atoms with E-state index in [9.17, 15) is 4.79 Å². The van der Waals surface area contributed by atoms with Crippen molar-refractivity contribution in [2.24, 2.45) is 11.8 Å². The number of rotatable bonds is 6. The molecule has 2 aliphatic carbocycles. The van der Waals surface area contributed by atoms with Crippen LogP contribution in [0, 0.1) is 11.8 Å². The van der Waals surface area contributed by atoms with Gasteiger partial charge >= 0.3 is 0 Å². The topological polar surface area (TPSA) is 77.2 Å². The highest BCUT2D eigenvalue weighted by atomic mass is 35.5. The number of ether oxygens (including phenoxy) is 1. The number of fused-ring (bicyclic) bond motifs is 2. The maximum absolute atomic E-state index is 12.2. The number of benzene rings is 1. The van der Waals surface area contributed by atoms with Crippen LogP contribution in [-0.4, -0.2) is 35.0 Å². The molecule has 0 aliphatic heterocycles. The van der Waals surface area contributed by atoms with Crippen molar-refractivity contribution in [2.75, 3.05) is 12.9 Å². The highest BCUT2D eigenvalue weighted by Gasteiger charge is 2.40. The Balaban J connectivity index is 1.35. The van der Waals surface area contributed by atoms with Crippen LogP contribution in [-0.2, 0) is 4.79 Å². The summed E-state index contributed by atoms with van der Waals surface area (Å²) in [6.45, 7) is 0. The molecule has 2 saturated carbocycles. The normalized spacial score (nSPS) is 24.0. The second-order valence-electron chi connectivity index (χ2n) is 6.86. The van der Waals surface area contributed by atoms with Gasteiger partial charge in [0.05, 0.1) is 18.4 Å². The van der Waals surface area contributed by atoms with Gasteiger partial charge in [0.25, 0.3) is 11.1 Å². The van der Waals surface area contributed by atoms with Crippen LogP contribution in [0.2, 0.25) is 5.02 Å². The molecular formula is C18H20ClN3O3S. The number of amides is 1. The van der Waals surface area contributed by atoms with Crippen molar-refractivity contribution in [3.63, 3.8) is 0 Å². The zero-order valence-corrected chi connectivity index (χ0v) is 16.0. The van der Waals surface area contributed by atoms with E-state index in [2.05, 4.69) is 15.5 Å². The molecule has 1 heterocycles. The lowest BCUT2D eigenvalue weighted by atomic mass is 9.95. The summed E-state index contributed by atoms with van der Waals surface area (Å²) in [5.41, 5.74) is 0.630.